The average molecular weight is 225 g/mol. The van der Waals surface area contributed by atoms with Crippen molar-refractivity contribution in [1.82, 2.24) is 0 Å². The molecular weight excluding hydrogens is 222 g/mol. The lowest BCUT2D eigenvalue weighted by molar-refractivity contribution is -0.133. The molecule has 8 heteroatoms. The number of aliphatic hydroxyl groups is 1. The lowest BCUT2D eigenvalue weighted by atomic mass is 10.3. The Bertz CT molecular complexity index is 238. The first-order valence-corrected chi connectivity index (χ1v) is 3.02. The van der Waals surface area contributed by atoms with Gasteiger partial charge in [0.2, 0.25) is 11.5 Å². The van der Waals surface area contributed by atoms with E-state index >= 15 is 0 Å². The fraction of sp³-hybridized carbons (Fsp3) is 0.400. The van der Waals surface area contributed by atoms with Crippen LogP contribution in [0.25, 0.3) is 0 Å². The fourth-order valence-electron chi connectivity index (χ4n) is 0.288. The number of alkyl halides is 6. The molecule has 0 saturated heterocycles. The number of hydrogen-bond donors (Lipinski definition) is 1. The summed E-state index contributed by atoms with van der Waals surface area (Å²) in [6.07, 6.45) is -5.91. The zero-order chi connectivity index (χ0) is 10.9. The largest absolute Gasteiger partial charge is 0.504 e. The maximum absolute atomic E-state index is 11.8. The molecule has 0 rings (SSSR count). The highest BCUT2D eigenvalue weighted by molar-refractivity contribution is 6.34. The van der Waals surface area contributed by atoms with E-state index in [2.05, 4.69) is 11.6 Å². The van der Waals surface area contributed by atoms with E-state index in [4.69, 9.17) is 5.11 Å². The van der Waals surface area contributed by atoms with Gasteiger partial charge in [-0.3, -0.25) is 4.79 Å². The van der Waals surface area contributed by atoms with Gasteiger partial charge in [-0.25, -0.2) is 0 Å². The molecule has 0 aromatic rings. The van der Waals surface area contributed by atoms with E-state index in [1.54, 1.807) is 0 Å². The minimum atomic E-state index is -5.24. The van der Waals surface area contributed by atoms with Gasteiger partial charge in [0.15, 0.2) is 0 Å². The SMILES string of the molecule is O=C(C=C(O)C(F)(F)F)C(F)(F)Cl. The normalized spacial score (nSPS) is 14.5. The molecule has 0 radical (unpaired) electrons. The van der Waals surface area contributed by atoms with Crippen molar-refractivity contribution in [2.45, 2.75) is 11.6 Å². The maximum atomic E-state index is 11.8. The highest BCUT2D eigenvalue weighted by Crippen LogP contribution is 2.26. The van der Waals surface area contributed by atoms with Crippen molar-refractivity contribution in [1.29, 1.82) is 0 Å². The van der Waals surface area contributed by atoms with Gasteiger partial charge in [-0.2, -0.15) is 22.0 Å². The van der Waals surface area contributed by atoms with Crippen molar-refractivity contribution < 1.29 is 31.9 Å². The summed E-state index contributed by atoms with van der Waals surface area (Å²) >= 11 is 4.07. The van der Waals surface area contributed by atoms with Crippen LogP contribution >= 0.6 is 11.6 Å². The molecule has 0 aromatic heterocycles. The van der Waals surface area contributed by atoms with Gasteiger partial charge in [0, 0.05) is 6.08 Å². The smallest absolute Gasteiger partial charge is 0.448 e. The minimum Gasteiger partial charge on any atom is -0.504 e. The van der Waals surface area contributed by atoms with E-state index in [0.29, 0.717) is 0 Å². The number of halogens is 6. The Labute approximate surface area is 73.6 Å². The summed E-state index contributed by atoms with van der Waals surface area (Å²) in [7, 11) is 0. The van der Waals surface area contributed by atoms with Gasteiger partial charge in [-0.05, 0) is 11.6 Å². The zero-order valence-corrected chi connectivity index (χ0v) is 6.46. The van der Waals surface area contributed by atoms with Gasteiger partial charge >= 0.3 is 11.6 Å². The Kier molecular flexibility index (Phi) is 3.26. The number of carbonyl (C=O) groups excluding carboxylic acids is 1. The molecule has 0 amide bonds. The summed E-state index contributed by atoms with van der Waals surface area (Å²) in [4.78, 5) is 10.1. The molecule has 0 fully saturated rings. The topological polar surface area (TPSA) is 37.3 Å². The number of rotatable bonds is 2. The number of allylic oxidation sites excluding steroid dienone is 2. The third-order valence-corrected chi connectivity index (χ3v) is 1.02. The van der Waals surface area contributed by atoms with Crippen molar-refractivity contribution in [3.8, 4) is 0 Å². The standard InChI is InChI=1S/C5H2ClF5O2/c6-4(7,8)2(12)1-3(13)5(9,10)11/h1,13H. The lowest BCUT2D eigenvalue weighted by Crippen LogP contribution is -2.22. The predicted octanol–water partition coefficient (Wildman–Crippen LogP) is 2.39. The Morgan fingerprint density at radius 2 is 1.62 bits per heavy atom. The average Bonchev–Trinajstić information content (AvgIpc) is 1.82. The summed E-state index contributed by atoms with van der Waals surface area (Å²) < 4.78 is 57.8. The van der Waals surface area contributed by atoms with Crippen LogP contribution in [0, 0.1) is 0 Å². The second kappa shape index (κ2) is 3.49. The molecule has 0 heterocycles. The number of ketones is 1. The quantitative estimate of drug-likeness (QED) is 0.338. The predicted molar refractivity (Wildman–Crippen MR) is 32.6 cm³/mol. The fourth-order valence-corrected chi connectivity index (χ4v) is 0.342. The molecular formula is C5H2ClF5O2. The lowest BCUT2D eigenvalue weighted by Gasteiger charge is -2.05. The first-order chi connectivity index (χ1) is 5.55. The van der Waals surface area contributed by atoms with E-state index in [9.17, 15) is 26.7 Å². The molecule has 1 N–H and O–H groups in total. The molecule has 0 saturated carbocycles. The summed E-state index contributed by atoms with van der Waals surface area (Å²) in [5, 5.41) is 3.60. The summed E-state index contributed by atoms with van der Waals surface area (Å²) in [6, 6.07) is 0. The summed E-state index contributed by atoms with van der Waals surface area (Å²) in [5.41, 5.74) is 0. The van der Waals surface area contributed by atoms with Crippen LogP contribution in [0.5, 0.6) is 0 Å². The molecule has 0 atom stereocenters. The van der Waals surface area contributed by atoms with Crippen molar-refractivity contribution in [2.24, 2.45) is 0 Å². The van der Waals surface area contributed by atoms with Crippen LogP contribution in [0.1, 0.15) is 0 Å². The third-order valence-electron chi connectivity index (χ3n) is 0.838. The molecule has 0 bridgehead atoms. The highest BCUT2D eigenvalue weighted by atomic mass is 35.5. The summed E-state index contributed by atoms with van der Waals surface area (Å²) in [6.45, 7) is 0. The molecule has 0 aromatic carbocycles. The number of carbonyl (C=O) groups is 1. The molecule has 2 nitrogen and oxygen atoms in total. The Balaban J connectivity index is 4.70. The van der Waals surface area contributed by atoms with Gasteiger partial charge < -0.3 is 5.11 Å². The summed E-state index contributed by atoms with van der Waals surface area (Å²) in [5.74, 6) is -4.75. The Hall–Kier alpha value is -0.850. The molecule has 13 heavy (non-hydrogen) atoms. The van der Waals surface area contributed by atoms with E-state index in [0.717, 1.165) is 0 Å². The van der Waals surface area contributed by atoms with Gasteiger partial charge in [-0.15, -0.1) is 0 Å². The van der Waals surface area contributed by atoms with E-state index < -0.39 is 29.2 Å². The number of hydrogen-bond acceptors (Lipinski definition) is 2. The molecule has 0 spiro atoms. The zero-order valence-electron chi connectivity index (χ0n) is 5.70. The van der Waals surface area contributed by atoms with Crippen LogP contribution in [0.4, 0.5) is 22.0 Å². The van der Waals surface area contributed by atoms with Crippen molar-refractivity contribution in [3.63, 3.8) is 0 Å². The van der Waals surface area contributed by atoms with Crippen molar-refractivity contribution >= 4 is 17.4 Å². The molecule has 0 aliphatic heterocycles. The second-order valence-corrected chi connectivity index (χ2v) is 2.36. The van der Waals surface area contributed by atoms with E-state index in [1.165, 1.54) is 0 Å². The minimum absolute atomic E-state index is 0.674. The van der Waals surface area contributed by atoms with Crippen molar-refractivity contribution in [2.75, 3.05) is 0 Å². The Morgan fingerprint density at radius 1 is 1.23 bits per heavy atom. The van der Waals surface area contributed by atoms with Crippen LogP contribution in [0.3, 0.4) is 0 Å². The first-order valence-electron chi connectivity index (χ1n) is 2.64. The van der Waals surface area contributed by atoms with Crippen LogP contribution in [0.15, 0.2) is 11.8 Å². The van der Waals surface area contributed by atoms with Gasteiger partial charge in [0.1, 0.15) is 0 Å². The number of aliphatic hydroxyl groups excluding tert-OH is 1. The third kappa shape index (κ3) is 4.07. The second-order valence-electron chi connectivity index (χ2n) is 1.89. The van der Waals surface area contributed by atoms with Crippen LogP contribution in [0.2, 0.25) is 0 Å². The monoisotopic (exact) mass is 224 g/mol. The molecule has 0 unspecified atom stereocenters. The molecule has 76 valence electrons. The van der Waals surface area contributed by atoms with Gasteiger partial charge in [-0.1, -0.05) is 0 Å². The van der Waals surface area contributed by atoms with Gasteiger partial charge in [0.05, 0.1) is 0 Å². The Morgan fingerprint density at radius 3 is 1.85 bits per heavy atom. The van der Waals surface area contributed by atoms with Crippen LogP contribution in [-0.4, -0.2) is 22.4 Å². The maximum Gasteiger partial charge on any atom is 0.448 e. The van der Waals surface area contributed by atoms with Gasteiger partial charge in [0.25, 0.3) is 0 Å². The van der Waals surface area contributed by atoms with Crippen LogP contribution < -0.4 is 0 Å². The first kappa shape index (κ1) is 12.2. The van der Waals surface area contributed by atoms with Crippen molar-refractivity contribution in [3.05, 3.63) is 11.8 Å². The molecule has 0 aliphatic carbocycles. The van der Waals surface area contributed by atoms with E-state index in [-0.39, 0.29) is 0 Å². The van der Waals surface area contributed by atoms with Crippen LogP contribution in [-0.2, 0) is 4.79 Å². The highest BCUT2D eigenvalue weighted by Gasteiger charge is 2.39. The molecule has 0 aliphatic rings. The van der Waals surface area contributed by atoms with E-state index in [1.807, 2.05) is 0 Å².